The molecule has 1 amide bonds. The van der Waals surface area contributed by atoms with E-state index in [-0.39, 0.29) is 11.3 Å². The van der Waals surface area contributed by atoms with E-state index in [1.165, 1.54) is 17.7 Å². The normalized spacial score (nSPS) is 13.7. The number of carbonyl (C=O) groups excluding carboxylic acids is 1. The van der Waals surface area contributed by atoms with E-state index in [1.54, 1.807) is 6.07 Å². The van der Waals surface area contributed by atoms with Gasteiger partial charge in [-0.3, -0.25) is 14.9 Å². The van der Waals surface area contributed by atoms with E-state index in [1.807, 2.05) is 48.2 Å². The average molecular weight is 487 g/mol. The molecule has 0 saturated carbocycles. The zero-order valence-electron chi connectivity index (χ0n) is 20.1. The van der Waals surface area contributed by atoms with Crippen molar-refractivity contribution < 1.29 is 18.9 Å². The van der Waals surface area contributed by atoms with Crippen LogP contribution in [0.3, 0.4) is 0 Å². The summed E-state index contributed by atoms with van der Waals surface area (Å²) in [5.41, 5.74) is 5.53. The Bertz CT molecular complexity index is 1460. The van der Waals surface area contributed by atoms with Crippen LogP contribution in [0.2, 0.25) is 0 Å². The molecule has 2 heterocycles. The smallest absolute Gasteiger partial charge is 0.270 e. The zero-order valence-corrected chi connectivity index (χ0v) is 20.1. The summed E-state index contributed by atoms with van der Waals surface area (Å²) >= 11 is 0. The summed E-state index contributed by atoms with van der Waals surface area (Å²) in [5, 5.41) is 14.4. The number of nitrogens with one attached hydrogen (secondary N) is 1. The highest BCUT2D eigenvalue weighted by molar-refractivity contribution is 6.09. The first-order valence-electron chi connectivity index (χ1n) is 11.9. The summed E-state index contributed by atoms with van der Waals surface area (Å²) in [5.74, 6) is 0.0312. The third kappa shape index (κ3) is 4.65. The van der Waals surface area contributed by atoms with E-state index in [9.17, 15) is 14.9 Å². The van der Waals surface area contributed by atoms with Gasteiger partial charge in [0.05, 0.1) is 29.4 Å². The molecule has 1 saturated heterocycles. The highest BCUT2D eigenvalue weighted by Gasteiger charge is 2.23. The minimum absolute atomic E-state index is 0.138. The van der Waals surface area contributed by atoms with Gasteiger partial charge in [0.15, 0.2) is 5.58 Å². The molecule has 1 N–H and O–H groups in total. The number of rotatable bonds is 6. The van der Waals surface area contributed by atoms with E-state index in [2.05, 4.69) is 17.2 Å². The van der Waals surface area contributed by atoms with Crippen LogP contribution in [-0.2, 0) is 11.2 Å². The van der Waals surface area contributed by atoms with E-state index < -0.39 is 10.8 Å². The molecular weight excluding hydrogens is 460 g/mol. The second kappa shape index (κ2) is 9.79. The van der Waals surface area contributed by atoms with Crippen LogP contribution in [0.4, 0.5) is 17.1 Å². The number of amides is 1. The van der Waals surface area contributed by atoms with Crippen molar-refractivity contribution >= 4 is 34.1 Å². The van der Waals surface area contributed by atoms with Gasteiger partial charge in [0, 0.05) is 36.5 Å². The van der Waals surface area contributed by atoms with Gasteiger partial charge < -0.3 is 19.4 Å². The standard InChI is InChI=1S/C27H26N4O5/c1-3-18-5-9-25-23(14-18)29-27(36-25)19-6-4-17(2)22(15-19)28-26(32)21-16-20(31(33)34)7-8-24(21)30-10-12-35-13-11-30/h4-9,14-16H,3,10-13H2,1-2H3,(H,28,32). The summed E-state index contributed by atoms with van der Waals surface area (Å²) < 4.78 is 11.4. The maximum absolute atomic E-state index is 13.4. The van der Waals surface area contributed by atoms with Crippen molar-refractivity contribution in [1.82, 2.24) is 4.98 Å². The Kier molecular flexibility index (Phi) is 6.39. The molecule has 4 aromatic rings. The molecule has 1 aliphatic heterocycles. The van der Waals surface area contributed by atoms with E-state index in [0.29, 0.717) is 49.2 Å². The van der Waals surface area contributed by atoms with Crippen LogP contribution in [0.1, 0.15) is 28.4 Å². The number of oxazole rings is 1. The molecule has 0 spiro atoms. The third-order valence-corrected chi connectivity index (χ3v) is 6.38. The molecule has 184 valence electrons. The summed E-state index contributed by atoms with van der Waals surface area (Å²) in [6.45, 7) is 6.24. The van der Waals surface area contributed by atoms with Gasteiger partial charge in [-0.15, -0.1) is 0 Å². The fourth-order valence-corrected chi connectivity index (χ4v) is 4.30. The number of nitro benzene ring substituents is 1. The SMILES string of the molecule is CCc1ccc2oc(-c3ccc(C)c(NC(=O)c4cc([N+](=O)[O-])ccc4N4CCOCC4)c3)nc2c1. The molecule has 1 fully saturated rings. The largest absolute Gasteiger partial charge is 0.436 e. The second-order valence-corrected chi connectivity index (χ2v) is 8.72. The van der Waals surface area contributed by atoms with Gasteiger partial charge >= 0.3 is 0 Å². The molecule has 5 rings (SSSR count). The quantitative estimate of drug-likeness (QED) is 0.288. The fraction of sp³-hybridized carbons (Fsp3) is 0.259. The van der Waals surface area contributed by atoms with Gasteiger partial charge in [0.2, 0.25) is 5.89 Å². The summed E-state index contributed by atoms with van der Waals surface area (Å²) in [6, 6.07) is 15.9. The molecule has 0 radical (unpaired) electrons. The number of nitro groups is 1. The van der Waals surface area contributed by atoms with Crippen molar-refractivity contribution in [2.75, 3.05) is 36.5 Å². The number of nitrogens with zero attached hydrogens (tertiary/aromatic N) is 3. The first-order valence-corrected chi connectivity index (χ1v) is 11.9. The number of ether oxygens (including phenoxy) is 1. The van der Waals surface area contributed by atoms with Crippen molar-refractivity contribution in [3.05, 3.63) is 81.4 Å². The Hall–Kier alpha value is -4.24. The second-order valence-electron chi connectivity index (χ2n) is 8.72. The summed E-state index contributed by atoms with van der Waals surface area (Å²) in [6.07, 6.45) is 0.906. The van der Waals surface area contributed by atoms with Crippen LogP contribution in [0.15, 0.2) is 59.0 Å². The van der Waals surface area contributed by atoms with Gasteiger partial charge in [-0.25, -0.2) is 4.98 Å². The highest BCUT2D eigenvalue weighted by atomic mass is 16.6. The average Bonchev–Trinajstić information content (AvgIpc) is 3.33. The number of aromatic nitrogens is 1. The zero-order chi connectivity index (χ0) is 25.2. The predicted molar refractivity (Wildman–Crippen MR) is 138 cm³/mol. The lowest BCUT2D eigenvalue weighted by atomic mass is 10.1. The Morgan fingerprint density at radius 1 is 1.11 bits per heavy atom. The lowest BCUT2D eigenvalue weighted by molar-refractivity contribution is -0.384. The van der Waals surface area contributed by atoms with Crippen LogP contribution in [0.5, 0.6) is 0 Å². The number of benzene rings is 3. The molecule has 1 aromatic heterocycles. The maximum Gasteiger partial charge on any atom is 0.270 e. The van der Waals surface area contributed by atoms with Crippen molar-refractivity contribution in [2.45, 2.75) is 20.3 Å². The number of anilines is 2. The van der Waals surface area contributed by atoms with Crippen molar-refractivity contribution in [2.24, 2.45) is 0 Å². The minimum atomic E-state index is -0.497. The Morgan fingerprint density at radius 3 is 2.67 bits per heavy atom. The van der Waals surface area contributed by atoms with Crippen LogP contribution in [0.25, 0.3) is 22.6 Å². The number of non-ortho nitro benzene ring substituents is 1. The number of fused-ring (bicyclic) bond motifs is 1. The maximum atomic E-state index is 13.4. The topological polar surface area (TPSA) is 111 Å². The first kappa shape index (κ1) is 23.5. The molecule has 0 unspecified atom stereocenters. The number of hydrogen-bond donors (Lipinski definition) is 1. The molecule has 3 aromatic carbocycles. The van der Waals surface area contributed by atoms with E-state index in [0.717, 1.165) is 23.1 Å². The molecule has 9 nitrogen and oxygen atoms in total. The van der Waals surface area contributed by atoms with Crippen LogP contribution < -0.4 is 10.2 Å². The Balaban J connectivity index is 1.47. The Morgan fingerprint density at radius 2 is 1.92 bits per heavy atom. The summed E-state index contributed by atoms with van der Waals surface area (Å²) in [4.78, 5) is 31.0. The van der Waals surface area contributed by atoms with Gasteiger partial charge in [-0.1, -0.05) is 19.1 Å². The monoisotopic (exact) mass is 486 g/mol. The molecule has 9 heteroatoms. The van der Waals surface area contributed by atoms with Gasteiger partial charge in [0.1, 0.15) is 5.52 Å². The highest BCUT2D eigenvalue weighted by Crippen LogP contribution is 2.31. The van der Waals surface area contributed by atoms with Crippen molar-refractivity contribution in [1.29, 1.82) is 0 Å². The number of aryl methyl sites for hydroxylation is 2. The minimum Gasteiger partial charge on any atom is -0.436 e. The van der Waals surface area contributed by atoms with Crippen molar-refractivity contribution in [3.8, 4) is 11.5 Å². The van der Waals surface area contributed by atoms with Crippen LogP contribution in [-0.4, -0.2) is 42.1 Å². The van der Waals surface area contributed by atoms with Gasteiger partial charge in [-0.2, -0.15) is 0 Å². The predicted octanol–water partition coefficient (Wildman–Crippen LogP) is 5.36. The molecular formula is C27H26N4O5. The summed E-state index contributed by atoms with van der Waals surface area (Å²) in [7, 11) is 0. The number of morpholine rings is 1. The van der Waals surface area contributed by atoms with E-state index >= 15 is 0 Å². The molecule has 1 aliphatic rings. The lowest BCUT2D eigenvalue weighted by Gasteiger charge is -2.30. The Labute approximate surface area is 207 Å². The number of hydrogen-bond acceptors (Lipinski definition) is 7. The number of carbonyl (C=O) groups is 1. The first-order chi connectivity index (χ1) is 17.4. The third-order valence-electron chi connectivity index (χ3n) is 6.38. The van der Waals surface area contributed by atoms with Crippen LogP contribution in [0, 0.1) is 17.0 Å². The molecule has 0 bridgehead atoms. The lowest BCUT2D eigenvalue weighted by Crippen LogP contribution is -2.37. The molecule has 36 heavy (non-hydrogen) atoms. The fourth-order valence-electron chi connectivity index (χ4n) is 4.30. The molecule has 0 aliphatic carbocycles. The van der Waals surface area contributed by atoms with Gasteiger partial charge in [0.25, 0.3) is 11.6 Å². The van der Waals surface area contributed by atoms with Gasteiger partial charge in [-0.05, 0) is 54.8 Å². The van der Waals surface area contributed by atoms with Crippen LogP contribution >= 0.6 is 0 Å². The van der Waals surface area contributed by atoms with E-state index in [4.69, 9.17) is 9.15 Å². The molecule has 0 atom stereocenters. The van der Waals surface area contributed by atoms with Crippen molar-refractivity contribution in [3.63, 3.8) is 0 Å².